The van der Waals surface area contributed by atoms with Gasteiger partial charge in [0.05, 0.1) is 17.1 Å². The molecule has 3 rings (SSSR count). The van der Waals surface area contributed by atoms with Crippen molar-refractivity contribution < 1.29 is 13.2 Å². The highest BCUT2D eigenvalue weighted by Crippen LogP contribution is 2.20. The zero-order chi connectivity index (χ0) is 16.4. The number of aromatic nitrogens is 2. The molecule has 2 fully saturated rings. The van der Waals surface area contributed by atoms with E-state index < -0.39 is 9.84 Å². The molecule has 1 saturated heterocycles. The van der Waals surface area contributed by atoms with E-state index in [9.17, 15) is 13.2 Å². The average Bonchev–Trinajstić information content (AvgIpc) is 3.16. The Morgan fingerprint density at radius 1 is 1.22 bits per heavy atom. The second-order valence-corrected chi connectivity index (χ2v) is 8.62. The van der Waals surface area contributed by atoms with Crippen LogP contribution in [0.5, 0.6) is 0 Å². The summed E-state index contributed by atoms with van der Waals surface area (Å²) >= 11 is 0. The second kappa shape index (κ2) is 6.43. The molecule has 23 heavy (non-hydrogen) atoms. The third kappa shape index (κ3) is 3.80. The van der Waals surface area contributed by atoms with E-state index in [0.29, 0.717) is 17.9 Å². The number of hydrogen-bond acceptors (Lipinski definition) is 6. The van der Waals surface area contributed by atoms with Gasteiger partial charge in [-0.15, -0.1) is 0 Å². The first-order chi connectivity index (χ1) is 10.9. The van der Waals surface area contributed by atoms with Crippen molar-refractivity contribution in [3.63, 3.8) is 0 Å². The van der Waals surface area contributed by atoms with Crippen LogP contribution >= 0.6 is 0 Å². The molecule has 1 unspecified atom stereocenters. The number of nitrogens with one attached hydrogen (secondary N) is 1. The van der Waals surface area contributed by atoms with Gasteiger partial charge in [0.15, 0.2) is 9.84 Å². The molecular formula is C15H22N4O3S. The van der Waals surface area contributed by atoms with E-state index in [4.69, 9.17) is 0 Å². The fourth-order valence-electron chi connectivity index (χ4n) is 3.20. The lowest BCUT2D eigenvalue weighted by atomic mass is 10.2. The van der Waals surface area contributed by atoms with Crippen LogP contribution in [0.15, 0.2) is 12.4 Å². The average molecular weight is 338 g/mol. The van der Waals surface area contributed by atoms with Gasteiger partial charge in [-0.2, -0.15) is 0 Å². The van der Waals surface area contributed by atoms with Crippen LogP contribution in [0.1, 0.15) is 42.5 Å². The van der Waals surface area contributed by atoms with Gasteiger partial charge in [0.1, 0.15) is 0 Å². The molecule has 1 atom stereocenters. The van der Waals surface area contributed by atoms with Crippen molar-refractivity contribution >= 4 is 21.7 Å². The number of rotatable bonds is 4. The Balaban J connectivity index is 1.63. The Hall–Kier alpha value is -1.70. The molecule has 1 aromatic rings. The van der Waals surface area contributed by atoms with E-state index in [1.165, 1.54) is 12.4 Å². The third-order valence-corrected chi connectivity index (χ3v) is 6.41. The van der Waals surface area contributed by atoms with Crippen LogP contribution in [-0.2, 0) is 9.84 Å². The topological polar surface area (TPSA) is 92.3 Å². The van der Waals surface area contributed by atoms with Crippen molar-refractivity contribution in [1.82, 2.24) is 15.3 Å². The molecule has 126 valence electrons. The molecular weight excluding hydrogens is 316 g/mol. The van der Waals surface area contributed by atoms with Crippen LogP contribution < -0.4 is 10.2 Å². The summed E-state index contributed by atoms with van der Waals surface area (Å²) in [5.74, 6) is 0.653. The highest BCUT2D eigenvalue weighted by molar-refractivity contribution is 7.91. The normalized spacial score (nSPS) is 23.8. The molecule has 0 spiro atoms. The minimum atomic E-state index is -2.94. The standard InChI is InChI=1S/C15H22N4O3S/c1-19(13-6-7-23(21,22)10-13)15-16-8-11(9-17-15)14(20)18-12-4-2-3-5-12/h8-9,12-13H,2-7,10H2,1H3,(H,18,20). The highest BCUT2D eigenvalue weighted by Gasteiger charge is 2.31. The highest BCUT2D eigenvalue weighted by atomic mass is 32.2. The van der Waals surface area contributed by atoms with Gasteiger partial charge in [-0.3, -0.25) is 4.79 Å². The Kier molecular flexibility index (Phi) is 4.52. The SMILES string of the molecule is CN(c1ncc(C(=O)NC2CCCC2)cn1)C1CCS(=O)(=O)C1. The summed E-state index contributed by atoms with van der Waals surface area (Å²) in [5.41, 5.74) is 0.438. The molecule has 0 radical (unpaired) electrons. The van der Waals surface area contributed by atoms with Crippen molar-refractivity contribution in [3.05, 3.63) is 18.0 Å². The molecule has 0 aromatic carbocycles. The van der Waals surface area contributed by atoms with E-state index in [0.717, 1.165) is 25.7 Å². The number of nitrogens with zero attached hydrogens (tertiary/aromatic N) is 3. The van der Waals surface area contributed by atoms with E-state index in [1.54, 1.807) is 11.9 Å². The van der Waals surface area contributed by atoms with E-state index in [-0.39, 0.29) is 29.5 Å². The van der Waals surface area contributed by atoms with Crippen LogP contribution in [-0.4, -0.2) is 54.9 Å². The van der Waals surface area contributed by atoms with E-state index >= 15 is 0 Å². The summed E-state index contributed by atoms with van der Waals surface area (Å²) in [6, 6.07) is 0.159. The number of hydrogen-bond donors (Lipinski definition) is 1. The zero-order valence-corrected chi connectivity index (χ0v) is 14.1. The molecule has 1 saturated carbocycles. The van der Waals surface area contributed by atoms with Crippen LogP contribution in [0.2, 0.25) is 0 Å². The first kappa shape index (κ1) is 16.2. The summed E-state index contributed by atoms with van der Waals surface area (Å²) < 4.78 is 23.1. The Morgan fingerprint density at radius 2 is 1.87 bits per heavy atom. The lowest BCUT2D eigenvalue weighted by Crippen LogP contribution is -2.35. The second-order valence-electron chi connectivity index (χ2n) is 6.39. The van der Waals surface area contributed by atoms with Crippen molar-refractivity contribution in [3.8, 4) is 0 Å². The van der Waals surface area contributed by atoms with E-state index in [2.05, 4.69) is 15.3 Å². The lowest BCUT2D eigenvalue weighted by molar-refractivity contribution is 0.0937. The molecule has 1 aromatic heterocycles. The monoisotopic (exact) mass is 338 g/mol. The largest absolute Gasteiger partial charge is 0.349 e. The van der Waals surface area contributed by atoms with Crippen molar-refractivity contribution in [1.29, 1.82) is 0 Å². The van der Waals surface area contributed by atoms with Crippen LogP contribution in [0.4, 0.5) is 5.95 Å². The number of carbonyl (C=O) groups is 1. The van der Waals surface area contributed by atoms with Crippen molar-refractivity contribution in [2.75, 3.05) is 23.5 Å². The van der Waals surface area contributed by atoms with Gasteiger partial charge in [0.25, 0.3) is 5.91 Å². The summed E-state index contributed by atoms with van der Waals surface area (Å²) in [6.45, 7) is 0. The number of amides is 1. The van der Waals surface area contributed by atoms with Gasteiger partial charge in [-0.05, 0) is 19.3 Å². The molecule has 2 aliphatic rings. The first-order valence-electron chi connectivity index (χ1n) is 8.01. The molecule has 2 heterocycles. The summed E-state index contributed by atoms with van der Waals surface area (Å²) in [6.07, 6.45) is 7.99. The Labute approximate surface area is 136 Å². The lowest BCUT2D eigenvalue weighted by Gasteiger charge is -2.23. The molecule has 1 amide bonds. The van der Waals surface area contributed by atoms with Gasteiger partial charge in [-0.25, -0.2) is 18.4 Å². The number of carbonyl (C=O) groups excluding carboxylic acids is 1. The Bertz CT molecular complexity index is 668. The molecule has 7 nitrogen and oxygen atoms in total. The minimum Gasteiger partial charge on any atom is -0.349 e. The maximum Gasteiger partial charge on any atom is 0.254 e. The predicted octanol–water partition coefficient (Wildman–Crippen LogP) is 0.772. The number of anilines is 1. The molecule has 1 N–H and O–H groups in total. The fourth-order valence-corrected chi connectivity index (χ4v) is 4.98. The van der Waals surface area contributed by atoms with Gasteiger partial charge >= 0.3 is 0 Å². The first-order valence-corrected chi connectivity index (χ1v) is 9.83. The zero-order valence-electron chi connectivity index (χ0n) is 13.2. The molecule has 1 aliphatic heterocycles. The maximum atomic E-state index is 12.1. The fraction of sp³-hybridized carbons (Fsp3) is 0.667. The summed E-state index contributed by atoms with van der Waals surface area (Å²) in [5, 5.41) is 3.00. The van der Waals surface area contributed by atoms with Gasteiger partial charge in [0, 0.05) is 31.5 Å². The molecule has 1 aliphatic carbocycles. The van der Waals surface area contributed by atoms with Crippen molar-refractivity contribution in [2.45, 2.75) is 44.2 Å². The quantitative estimate of drug-likeness (QED) is 0.872. The third-order valence-electron chi connectivity index (χ3n) is 4.66. The smallest absolute Gasteiger partial charge is 0.254 e. The Morgan fingerprint density at radius 3 is 2.43 bits per heavy atom. The number of sulfone groups is 1. The summed E-state index contributed by atoms with van der Waals surface area (Å²) in [4.78, 5) is 22.4. The van der Waals surface area contributed by atoms with Gasteiger partial charge in [0.2, 0.25) is 5.95 Å². The van der Waals surface area contributed by atoms with Crippen LogP contribution in [0.3, 0.4) is 0 Å². The van der Waals surface area contributed by atoms with Gasteiger partial charge < -0.3 is 10.2 Å². The van der Waals surface area contributed by atoms with Crippen molar-refractivity contribution in [2.24, 2.45) is 0 Å². The van der Waals surface area contributed by atoms with Crippen LogP contribution in [0, 0.1) is 0 Å². The van der Waals surface area contributed by atoms with Crippen LogP contribution in [0.25, 0.3) is 0 Å². The maximum absolute atomic E-state index is 12.1. The molecule has 0 bridgehead atoms. The van der Waals surface area contributed by atoms with Gasteiger partial charge in [-0.1, -0.05) is 12.8 Å². The predicted molar refractivity (Wildman–Crippen MR) is 87.2 cm³/mol. The minimum absolute atomic E-state index is 0.0989. The summed E-state index contributed by atoms with van der Waals surface area (Å²) in [7, 11) is -1.15. The molecule has 8 heteroatoms. The van der Waals surface area contributed by atoms with E-state index in [1.807, 2.05) is 0 Å².